The van der Waals surface area contributed by atoms with E-state index in [1.165, 1.54) is 0 Å². The number of fused-ring (bicyclic) bond motifs is 1. The molecule has 2 aromatic carbocycles. The number of ether oxygens (including phenoxy) is 2. The Bertz CT molecular complexity index is 1250. The van der Waals surface area contributed by atoms with Gasteiger partial charge in [-0.1, -0.05) is 12.1 Å². The Hall–Kier alpha value is -3.34. The van der Waals surface area contributed by atoms with Crippen molar-refractivity contribution in [3.8, 4) is 11.5 Å². The van der Waals surface area contributed by atoms with E-state index in [4.69, 9.17) is 9.47 Å². The number of likely N-dealkylation sites (tertiary alicyclic amines) is 1. The maximum atomic E-state index is 13.2. The molecule has 1 unspecified atom stereocenters. The number of aliphatic hydroxyl groups is 1. The van der Waals surface area contributed by atoms with Crippen LogP contribution in [-0.4, -0.2) is 51.0 Å². The molecule has 9 heteroatoms. The molecule has 2 aliphatic rings. The Kier molecular flexibility index (Phi) is 6.27. The van der Waals surface area contributed by atoms with E-state index >= 15 is 0 Å². The van der Waals surface area contributed by atoms with Gasteiger partial charge in [0.15, 0.2) is 11.5 Å². The highest BCUT2D eigenvalue weighted by Gasteiger charge is 2.45. The molecule has 0 aliphatic carbocycles. The normalized spacial score (nSPS) is 19.0. The summed E-state index contributed by atoms with van der Waals surface area (Å²) in [6.45, 7) is 1.87. The number of hydrogen-bond donors (Lipinski definition) is 1. The lowest BCUT2D eigenvalue weighted by atomic mass is 9.95. The van der Waals surface area contributed by atoms with Crippen molar-refractivity contribution in [2.45, 2.75) is 19.0 Å². The number of halogens is 1. The number of imidazole rings is 1. The van der Waals surface area contributed by atoms with E-state index in [9.17, 15) is 14.7 Å². The van der Waals surface area contributed by atoms with Gasteiger partial charge >= 0.3 is 0 Å². The number of aryl methyl sites for hydroxylation is 1. The van der Waals surface area contributed by atoms with Crippen LogP contribution in [0.25, 0.3) is 5.76 Å². The smallest absolute Gasteiger partial charge is 0.295 e. The van der Waals surface area contributed by atoms with Crippen LogP contribution in [0.5, 0.6) is 11.5 Å². The highest BCUT2D eigenvalue weighted by Crippen LogP contribution is 2.41. The van der Waals surface area contributed by atoms with Crippen LogP contribution in [0.3, 0.4) is 0 Å². The molecule has 174 valence electrons. The van der Waals surface area contributed by atoms with E-state index in [1.807, 2.05) is 35.0 Å². The van der Waals surface area contributed by atoms with Gasteiger partial charge in [0.1, 0.15) is 19.0 Å². The van der Waals surface area contributed by atoms with Gasteiger partial charge in [0, 0.05) is 34.6 Å². The van der Waals surface area contributed by atoms with E-state index in [-0.39, 0.29) is 11.3 Å². The van der Waals surface area contributed by atoms with Crippen LogP contribution in [0.1, 0.15) is 23.6 Å². The van der Waals surface area contributed by atoms with E-state index in [0.717, 1.165) is 9.13 Å². The summed E-state index contributed by atoms with van der Waals surface area (Å²) in [5.74, 6) is -0.463. The van der Waals surface area contributed by atoms with Crippen LogP contribution in [0.15, 0.2) is 66.8 Å². The Labute approximate surface area is 209 Å². The summed E-state index contributed by atoms with van der Waals surface area (Å²) in [5, 5.41) is 11.3. The Morgan fingerprint density at radius 2 is 1.82 bits per heavy atom. The Morgan fingerprint density at radius 1 is 1.06 bits per heavy atom. The summed E-state index contributed by atoms with van der Waals surface area (Å²) < 4.78 is 14.1. The number of carbonyl (C=O) groups is 2. The van der Waals surface area contributed by atoms with Gasteiger partial charge in [-0.3, -0.25) is 9.59 Å². The summed E-state index contributed by atoms with van der Waals surface area (Å²) in [5.41, 5.74) is 1.24. The molecule has 34 heavy (non-hydrogen) atoms. The minimum atomic E-state index is -0.696. The van der Waals surface area contributed by atoms with Crippen LogP contribution in [0.4, 0.5) is 0 Å². The summed E-state index contributed by atoms with van der Waals surface area (Å²) >= 11 is 2.21. The Morgan fingerprint density at radius 3 is 2.56 bits per heavy atom. The van der Waals surface area contributed by atoms with Gasteiger partial charge in [-0.15, -0.1) is 0 Å². The lowest BCUT2D eigenvalue weighted by molar-refractivity contribution is -0.139. The number of aliphatic hydroxyl groups excluding tert-OH is 1. The van der Waals surface area contributed by atoms with E-state index < -0.39 is 17.7 Å². The first kappa shape index (κ1) is 22.5. The van der Waals surface area contributed by atoms with Crippen LogP contribution < -0.4 is 9.47 Å². The molecule has 0 bridgehead atoms. The molecule has 1 atom stereocenters. The molecule has 2 aliphatic heterocycles. The summed E-state index contributed by atoms with van der Waals surface area (Å²) in [7, 11) is 0. The second kappa shape index (κ2) is 9.49. The highest BCUT2D eigenvalue weighted by molar-refractivity contribution is 14.1. The third-order valence-electron chi connectivity index (χ3n) is 5.92. The molecule has 8 nitrogen and oxygen atoms in total. The minimum Gasteiger partial charge on any atom is -0.507 e. The summed E-state index contributed by atoms with van der Waals surface area (Å²) in [6, 6.07) is 11.9. The Balaban J connectivity index is 1.53. The van der Waals surface area contributed by atoms with Crippen molar-refractivity contribution in [1.29, 1.82) is 0 Å². The lowest BCUT2D eigenvalue weighted by Crippen LogP contribution is -2.31. The van der Waals surface area contributed by atoms with Crippen molar-refractivity contribution >= 4 is 40.0 Å². The van der Waals surface area contributed by atoms with E-state index in [2.05, 4.69) is 27.6 Å². The van der Waals surface area contributed by atoms with Gasteiger partial charge in [-0.25, -0.2) is 4.98 Å². The zero-order valence-electron chi connectivity index (χ0n) is 18.2. The molecule has 0 saturated carbocycles. The largest absolute Gasteiger partial charge is 0.507 e. The second-order valence-corrected chi connectivity index (χ2v) is 9.30. The fraction of sp³-hybridized carbons (Fsp3) is 0.240. The van der Waals surface area contributed by atoms with Crippen molar-refractivity contribution in [2.24, 2.45) is 0 Å². The molecule has 1 N–H and O–H groups in total. The predicted molar refractivity (Wildman–Crippen MR) is 132 cm³/mol. The quantitative estimate of drug-likeness (QED) is 0.210. The SMILES string of the molecule is O=C1C(=O)N(CCCn2ccnc2)C(c2ccc(I)cc2)C1=C(O)c1ccc2c(c1)OCCO2. The molecule has 5 rings (SSSR count). The molecule has 1 amide bonds. The van der Waals surface area contributed by atoms with Crippen molar-refractivity contribution in [3.05, 3.63) is 81.5 Å². The van der Waals surface area contributed by atoms with Gasteiger partial charge in [-0.2, -0.15) is 0 Å². The number of amides is 1. The summed E-state index contributed by atoms with van der Waals surface area (Å²) in [6.07, 6.45) is 5.90. The van der Waals surface area contributed by atoms with Crippen molar-refractivity contribution in [1.82, 2.24) is 14.5 Å². The number of rotatable bonds is 6. The van der Waals surface area contributed by atoms with E-state index in [0.29, 0.717) is 49.8 Å². The number of carbonyl (C=O) groups excluding carboxylic acids is 2. The zero-order valence-corrected chi connectivity index (χ0v) is 20.3. The maximum Gasteiger partial charge on any atom is 0.295 e. The topological polar surface area (TPSA) is 93.9 Å². The molecule has 3 aromatic rings. The molecular formula is C25H22IN3O5. The van der Waals surface area contributed by atoms with Gasteiger partial charge in [0.05, 0.1) is 17.9 Å². The fourth-order valence-corrected chi connectivity index (χ4v) is 4.65. The number of ketones is 1. The van der Waals surface area contributed by atoms with Crippen LogP contribution in [0.2, 0.25) is 0 Å². The van der Waals surface area contributed by atoms with Crippen LogP contribution >= 0.6 is 22.6 Å². The standard InChI is InChI=1S/C25H22IN3O5/c26-18-5-2-16(3-6-18)22-21(23(30)17-4-7-19-20(14-17)34-13-12-33-19)24(31)25(32)29(22)10-1-9-28-11-8-27-15-28/h2-8,11,14-15,22,30H,1,9-10,12-13H2. The predicted octanol–water partition coefficient (Wildman–Crippen LogP) is 3.77. The first-order valence-corrected chi connectivity index (χ1v) is 12.0. The third kappa shape index (κ3) is 4.27. The molecule has 3 heterocycles. The van der Waals surface area contributed by atoms with Crippen molar-refractivity contribution in [2.75, 3.05) is 19.8 Å². The van der Waals surface area contributed by atoms with Crippen LogP contribution in [-0.2, 0) is 16.1 Å². The molecular weight excluding hydrogens is 549 g/mol. The molecule has 0 radical (unpaired) electrons. The minimum absolute atomic E-state index is 0.0746. The van der Waals surface area contributed by atoms with Gasteiger partial charge in [0.2, 0.25) is 0 Å². The third-order valence-corrected chi connectivity index (χ3v) is 6.64. The average Bonchev–Trinajstić information content (AvgIpc) is 3.46. The molecule has 1 fully saturated rings. The second-order valence-electron chi connectivity index (χ2n) is 8.06. The monoisotopic (exact) mass is 571 g/mol. The zero-order chi connectivity index (χ0) is 23.7. The van der Waals surface area contributed by atoms with Crippen LogP contribution in [0, 0.1) is 3.57 Å². The molecule has 1 aromatic heterocycles. The number of aromatic nitrogens is 2. The fourth-order valence-electron chi connectivity index (χ4n) is 4.29. The number of hydrogen-bond acceptors (Lipinski definition) is 6. The summed E-state index contributed by atoms with van der Waals surface area (Å²) in [4.78, 5) is 31.9. The van der Waals surface area contributed by atoms with Gasteiger partial charge in [-0.05, 0) is 64.9 Å². The van der Waals surface area contributed by atoms with Gasteiger partial charge in [0.25, 0.3) is 11.7 Å². The van der Waals surface area contributed by atoms with Crippen molar-refractivity contribution in [3.63, 3.8) is 0 Å². The first-order valence-electron chi connectivity index (χ1n) is 10.9. The number of benzene rings is 2. The average molecular weight is 571 g/mol. The first-order chi connectivity index (χ1) is 16.5. The highest BCUT2D eigenvalue weighted by atomic mass is 127. The van der Waals surface area contributed by atoms with Gasteiger partial charge < -0.3 is 24.0 Å². The molecule has 1 saturated heterocycles. The van der Waals surface area contributed by atoms with E-state index in [1.54, 1.807) is 35.6 Å². The van der Waals surface area contributed by atoms with Crippen molar-refractivity contribution < 1.29 is 24.2 Å². The lowest BCUT2D eigenvalue weighted by Gasteiger charge is -2.25. The maximum absolute atomic E-state index is 13.2. The number of Topliss-reactive ketones (excluding diaryl/α,β-unsaturated/α-hetero) is 1. The molecule has 0 spiro atoms. The number of nitrogens with zero attached hydrogens (tertiary/aromatic N) is 3.